The van der Waals surface area contributed by atoms with Crippen LogP contribution in [0.25, 0.3) is 0 Å². The van der Waals surface area contributed by atoms with Gasteiger partial charge in [0.15, 0.2) is 0 Å². The van der Waals surface area contributed by atoms with Crippen molar-refractivity contribution in [1.29, 1.82) is 0 Å². The van der Waals surface area contributed by atoms with Crippen molar-refractivity contribution in [3.8, 4) is 0 Å². The van der Waals surface area contributed by atoms with E-state index >= 15 is 0 Å². The Morgan fingerprint density at radius 2 is 1.75 bits per heavy atom. The summed E-state index contributed by atoms with van der Waals surface area (Å²) in [7, 11) is 0. The van der Waals surface area contributed by atoms with Crippen molar-refractivity contribution < 1.29 is 29.2 Å². The third-order valence-corrected chi connectivity index (χ3v) is 4.41. The first-order valence-electron chi connectivity index (χ1n) is 9.70. The molecule has 0 aliphatic carbocycles. The topological polar surface area (TPSA) is 174 Å². The van der Waals surface area contributed by atoms with Crippen LogP contribution in [0.15, 0.2) is 54.6 Å². The molecule has 0 spiro atoms. The van der Waals surface area contributed by atoms with Crippen LogP contribution in [-0.2, 0) is 27.4 Å². The lowest BCUT2D eigenvalue weighted by atomic mass is 10.0. The third-order valence-electron chi connectivity index (χ3n) is 4.41. The standard InChI is InChI=1S/C21H24N4O7/c22-20(28)17(10-15-8-4-5-9-18(15)25(30)31)24-19(27)11-16(26)12-23-21(29)32-13-14-6-2-1-3-7-14/h1-9,16-17,26H,10-13H2,(H2,22,28)(H,23,29)(H,24,27)/t16-,17-/m1/s1. The first-order valence-corrected chi connectivity index (χ1v) is 9.70. The fourth-order valence-electron chi connectivity index (χ4n) is 2.82. The Kier molecular flexibility index (Phi) is 9.11. The summed E-state index contributed by atoms with van der Waals surface area (Å²) in [6.07, 6.45) is -2.63. The lowest BCUT2D eigenvalue weighted by Crippen LogP contribution is -2.47. The van der Waals surface area contributed by atoms with Crippen LogP contribution in [0, 0.1) is 10.1 Å². The molecule has 0 fully saturated rings. The first-order chi connectivity index (χ1) is 15.3. The summed E-state index contributed by atoms with van der Waals surface area (Å²) in [6, 6.07) is 13.6. The Balaban J connectivity index is 1.80. The molecule has 2 aromatic rings. The number of hydrogen-bond acceptors (Lipinski definition) is 7. The molecule has 0 radical (unpaired) electrons. The van der Waals surface area contributed by atoms with Crippen LogP contribution in [0.1, 0.15) is 17.5 Å². The number of nitrogens with zero attached hydrogens (tertiary/aromatic N) is 1. The molecular weight excluding hydrogens is 420 g/mol. The van der Waals surface area contributed by atoms with Crippen LogP contribution in [-0.4, -0.2) is 46.6 Å². The van der Waals surface area contributed by atoms with Gasteiger partial charge in [0, 0.05) is 24.6 Å². The highest BCUT2D eigenvalue weighted by atomic mass is 16.6. The number of nitrogens with two attached hydrogens (primary N) is 1. The Labute approximate surface area is 183 Å². The average molecular weight is 444 g/mol. The van der Waals surface area contributed by atoms with Crippen molar-refractivity contribution >= 4 is 23.6 Å². The number of aliphatic hydroxyl groups is 1. The molecule has 0 aromatic heterocycles. The van der Waals surface area contributed by atoms with E-state index in [1.54, 1.807) is 30.3 Å². The van der Waals surface area contributed by atoms with Gasteiger partial charge in [0.25, 0.3) is 5.69 Å². The lowest BCUT2D eigenvalue weighted by molar-refractivity contribution is -0.385. The highest BCUT2D eigenvalue weighted by Crippen LogP contribution is 2.19. The Morgan fingerprint density at radius 1 is 1.09 bits per heavy atom. The molecule has 2 rings (SSSR count). The number of rotatable bonds is 11. The largest absolute Gasteiger partial charge is 0.445 e. The monoisotopic (exact) mass is 444 g/mol. The van der Waals surface area contributed by atoms with Gasteiger partial charge in [-0.15, -0.1) is 0 Å². The molecule has 0 aliphatic rings. The van der Waals surface area contributed by atoms with Crippen LogP contribution in [0.4, 0.5) is 10.5 Å². The fourth-order valence-corrected chi connectivity index (χ4v) is 2.82. The zero-order valence-electron chi connectivity index (χ0n) is 17.1. The van der Waals surface area contributed by atoms with E-state index in [1.165, 1.54) is 18.2 Å². The van der Waals surface area contributed by atoms with Gasteiger partial charge in [-0.1, -0.05) is 48.5 Å². The van der Waals surface area contributed by atoms with Gasteiger partial charge >= 0.3 is 6.09 Å². The minimum atomic E-state index is -1.25. The van der Waals surface area contributed by atoms with Gasteiger partial charge in [0.05, 0.1) is 17.4 Å². The minimum absolute atomic E-state index is 0.0508. The summed E-state index contributed by atoms with van der Waals surface area (Å²) in [4.78, 5) is 46.1. The summed E-state index contributed by atoms with van der Waals surface area (Å²) >= 11 is 0. The van der Waals surface area contributed by atoms with Crippen LogP contribution < -0.4 is 16.4 Å². The van der Waals surface area contributed by atoms with Gasteiger partial charge in [0.1, 0.15) is 12.6 Å². The number of amides is 3. The molecule has 3 amide bonds. The summed E-state index contributed by atoms with van der Waals surface area (Å²) < 4.78 is 5.00. The van der Waals surface area contributed by atoms with Crippen molar-refractivity contribution in [2.45, 2.75) is 31.6 Å². The lowest BCUT2D eigenvalue weighted by Gasteiger charge is -2.17. The molecule has 0 unspecified atom stereocenters. The molecule has 2 atom stereocenters. The highest BCUT2D eigenvalue weighted by Gasteiger charge is 2.24. The third kappa shape index (κ3) is 8.03. The number of nitro benzene ring substituents is 1. The molecule has 0 aliphatic heterocycles. The molecule has 11 heteroatoms. The summed E-state index contributed by atoms with van der Waals surface area (Å²) in [5, 5.41) is 25.8. The van der Waals surface area contributed by atoms with E-state index in [4.69, 9.17) is 10.5 Å². The Hall–Kier alpha value is -3.99. The van der Waals surface area contributed by atoms with E-state index in [0.717, 1.165) is 5.56 Å². The smallest absolute Gasteiger partial charge is 0.407 e. The maximum atomic E-state index is 12.2. The fraction of sp³-hybridized carbons (Fsp3) is 0.286. The summed E-state index contributed by atoms with van der Waals surface area (Å²) in [6.45, 7) is -0.207. The highest BCUT2D eigenvalue weighted by molar-refractivity contribution is 5.87. The number of hydrogen-bond donors (Lipinski definition) is 4. The summed E-state index contributed by atoms with van der Waals surface area (Å²) in [5.74, 6) is -1.59. The van der Waals surface area contributed by atoms with Gasteiger partial charge in [-0.25, -0.2) is 4.79 Å². The van der Waals surface area contributed by atoms with Crippen molar-refractivity contribution in [2.75, 3.05) is 6.54 Å². The maximum Gasteiger partial charge on any atom is 0.407 e. The molecular formula is C21H24N4O7. The van der Waals surface area contributed by atoms with Crippen molar-refractivity contribution in [3.63, 3.8) is 0 Å². The minimum Gasteiger partial charge on any atom is -0.445 e. The van der Waals surface area contributed by atoms with Crippen LogP contribution in [0.2, 0.25) is 0 Å². The van der Waals surface area contributed by atoms with Gasteiger partial charge < -0.3 is 26.2 Å². The van der Waals surface area contributed by atoms with Gasteiger partial charge in [-0.05, 0) is 5.56 Å². The number of benzene rings is 2. The first kappa shape index (κ1) is 24.3. The molecule has 0 saturated carbocycles. The quantitative estimate of drug-likeness (QED) is 0.293. The predicted octanol–water partition coefficient (Wildman–Crippen LogP) is 0.785. The Morgan fingerprint density at radius 3 is 2.41 bits per heavy atom. The average Bonchev–Trinajstić information content (AvgIpc) is 2.76. The molecule has 0 heterocycles. The second-order valence-corrected chi connectivity index (χ2v) is 6.91. The molecule has 11 nitrogen and oxygen atoms in total. The molecule has 0 saturated heterocycles. The van der Waals surface area contributed by atoms with Crippen LogP contribution in [0.3, 0.4) is 0 Å². The number of ether oxygens (including phenoxy) is 1. The number of aliphatic hydroxyl groups excluding tert-OH is 1. The second kappa shape index (κ2) is 12.0. The van der Waals surface area contributed by atoms with E-state index in [9.17, 15) is 29.6 Å². The van der Waals surface area contributed by atoms with E-state index in [1.807, 2.05) is 6.07 Å². The predicted molar refractivity (Wildman–Crippen MR) is 113 cm³/mol. The number of primary amides is 1. The van der Waals surface area contributed by atoms with Crippen LogP contribution in [0.5, 0.6) is 0 Å². The molecule has 5 N–H and O–H groups in total. The molecule has 2 aromatic carbocycles. The van der Waals surface area contributed by atoms with Gasteiger partial charge in [0.2, 0.25) is 11.8 Å². The summed E-state index contributed by atoms with van der Waals surface area (Å²) in [5.41, 5.74) is 6.12. The number of nitrogens with one attached hydrogen (secondary N) is 2. The van der Waals surface area contributed by atoms with Crippen LogP contribution >= 0.6 is 0 Å². The Bertz CT molecular complexity index is 952. The van der Waals surface area contributed by atoms with Gasteiger partial charge in [-0.3, -0.25) is 19.7 Å². The zero-order valence-corrected chi connectivity index (χ0v) is 17.1. The van der Waals surface area contributed by atoms with Crippen molar-refractivity contribution in [3.05, 3.63) is 75.8 Å². The second-order valence-electron chi connectivity index (χ2n) is 6.91. The number of para-hydroxylation sites is 1. The van der Waals surface area contributed by atoms with Gasteiger partial charge in [-0.2, -0.15) is 0 Å². The molecule has 170 valence electrons. The maximum absolute atomic E-state index is 12.2. The number of carbonyl (C=O) groups excluding carboxylic acids is 3. The zero-order chi connectivity index (χ0) is 23.5. The molecule has 32 heavy (non-hydrogen) atoms. The van der Waals surface area contributed by atoms with E-state index in [0.29, 0.717) is 0 Å². The van der Waals surface area contributed by atoms with Crippen molar-refractivity contribution in [1.82, 2.24) is 10.6 Å². The van der Waals surface area contributed by atoms with E-state index < -0.39 is 41.4 Å². The number of alkyl carbamates (subject to hydrolysis) is 1. The van der Waals surface area contributed by atoms with E-state index in [-0.39, 0.29) is 30.8 Å². The SMILES string of the molecule is NC(=O)[C@@H](Cc1ccccc1[N+](=O)[O-])NC(=O)C[C@@H](O)CNC(=O)OCc1ccccc1. The van der Waals surface area contributed by atoms with Crippen molar-refractivity contribution in [2.24, 2.45) is 5.73 Å². The molecule has 0 bridgehead atoms. The number of carbonyl (C=O) groups is 3. The number of nitro groups is 1. The van der Waals surface area contributed by atoms with E-state index in [2.05, 4.69) is 10.6 Å². The normalized spacial score (nSPS) is 12.3.